The standard InChI is InChI=1S/C18H17NO4S/c1-10(2)15(18(21)22)19-17(20)11-6-5-9-14-16(11)23-12-7-3-4-8-13(12)24-14/h3-10,15H,1-2H3,(H,19,20)(H,21,22). The van der Waals surface area contributed by atoms with E-state index < -0.39 is 17.9 Å². The lowest BCUT2D eigenvalue weighted by Gasteiger charge is -2.23. The van der Waals surface area contributed by atoms with Crippen molar-refractivity contribution in [2.24, 2.45) is 5.92 Å². The highest BCUT2D eigenvalue weighted by Crippen LogP contribution is 2.48. The molecule has 24 heavy (non-hydrogen) atoms. The smallest absolute Gasteiger partial charge is 0.326 e. The summed E-state index contributed by atoms with van der Waals surface area (Å²) in [5.74, 6) is -0.570. The molecule has 1 aliphatic heterocycles. The van der Waals surface area contributed by atoms with Gasteiger partial charge in [-0.25, -0.2) is 4.79 Å². The van der Waals surface area contributed by atoms with E-state index in [-0.39, 0.29) is 5.92 Å². The number of para-hydroxylation sites is 2. The first kappa shape index (κ1) is 16.4. The average Bonchev–Trinajstić information content (AvgIpc) is 2.56. The van der Waals surface area contributed by atoms with Crippen molar-refractivity contribution in [2.75, 3.05) is 0 Å². The third-order valence-corrected chi connectivity index (χ3v) is 4.82. The lowest BCUT2D eigenvalue weighted by atomic mass is 10.0. The first-order valence-corrected chi connectivity index (χ1v) is 8.40. The van der Waals surface area contributed by atoms with E-state index in [4.69, 9.17) is 4.74 Å². The normalized spacial score (nSPS) is 13.5. The fourth-order valence-corrected chi connectivity index (χ4v) is 3.44. The summed E-state index contributed by atoms with van der Waals surface area (Å²) in [6, 6.07) is 11.9. The number of carboxylic acids is 1. The molecule has 1 unspecified atom stereocenters. The SMILES string of the molecule is CC(C)C(NC(=O)c1cccc2c1Oc1ccccc1S2)C(=O)O. The Bertz CT molecular complexity index is 803. The Morgan fingerprint density at radius 3 is 2.50 bits per heavy atom. The number of nitrogens with one attached hydrogen (secondary N) is 1. The van der Waals surface area contributed by atoms with Gasteiger partial charge in [0, 0.05) is 0 Å². The van der Waals surface area contributed by atoms with E-state index in [1.807, 2.05) is 30.3 Å². The van der Waals surface area contributed by atoms with Crippen LogP contribution >= 0.6 is 11.8 Å². The molecule has 0 aromatic heterocycles. The molecule has 124 valence electrons. The Labute approximate surface area is 144 Å². The van der Waals surface area contributed by atoms with Crippen LogP contribution in [0.25, 0.3) is 0 Å². The molecule has 2 aromatic rings. The number of benzene rings is 2. The highest BCUT2D eigenvalue weighted by Gasteiger charge is 2.28. The fraction of sp³-hybridized carbons (Fsp3) is 0.222. The van der Waals surface area contributed by atoms with Crippen molar-refractivity contribution in [2.45, 2.75) is 29.7 Å². The first-order chi connectivity index (χ1) is 11.5. The lowest BCUT2D eigenvalue weighted by Crippen LogP contribution is -2.44. The van der Waals surface area contributed by atoms with Crippen LogP contribution in [-0.4, -0.2) is 23.0 Å². The Morgan fingerprint density at radius 2 is 1.79 bits per heavy atom. The maximum atomic E-state index is 12.6. The van der Waals surface area contributed by atoms with Crippen LogP contribution in [0.3, 0.4) is 0 Å². The molecule has 0 radical (unpaired) electrons. The van der Waals surface area contributed by atoms with Gasteiger partial charge >= 0.3 is 5.97 Å². The van der Waals surface area contributed by atoms with Crippen molar-refractivity contribution >= 4 is 23.6 Å². The number of carboxylic acid groups (broad SMARTS) is 1. The van der Waals surface area contributed by atoms with Crippen molar-refractivity contribution in [1.29, 1.82) is 0 Å². The average molecular weight is 343 g/mol. The summed E-state index contributed by atoms with van der Waals surface area (Å²) in [5, 5.41) is 11.8. The molecule has 0 aliphatic carbocycles. The maximum absolute atomic E-state index is 12.6. The Balaban J connectivity index is 1.91. The van der Waals surface area contributed by atoms with Gasteiger partial charge < -0.3 is 15.2 Å². The summed E-state index contributed by atoms with van der Waals surface area (Å²) >= 11 is 1.52. The van der Waals surface area contributed by atoms with Gasteiger partial charge in [0.25, 0.3) is 5.91 Å². The van der Waals surface area contributed by atoms with Gasteiger partial charge in [0.05, 0.1) is 15.4 Å². The van der Waals surface area contributed by atoms with Crippen molar-refractivity contribution in [1.82, 2.24) is 5.32 Å². The molecule has 0 bridgehead atoms. The molecule has 6 heteroatoms. The van der Waals surface area contributed by atoms with E-state index in [9.17, 15) is 14.7 Å². The zero-order valence-corrected chi connectivity index (χ0v) is 14.1. The van der Waals surface area contributed by atoms with Crippen molar-refractivity contribution in [3.8, 4) is 11.5 Å². The van der Waals surface area contributed by atoms with Crippen LogP contribution < -0.4 is 10.1 Å². The van der Waals surface area contributed by atoms with Crippen LogP contribution in [0.2, 0.25) is 0 Å². The third-order valence-electron chi connectivity index (χ3n) is 3.72. The third kappa shape index (κ3) is 3.10. The van der Waals surface area contributed by atoms with Gasteiger partial charge in [-0.15, -0.1) is 0 Å². The zero-order valence-electron chi connectivity index (χ0n) is 13.3. The number of hydrogen-bond donors (Lipinski definition) is 2. The lowest BCUT2D eigenvalue weighted by molar-refractivity contribution is -0.140. The number of fused-ring (bicyclic) bond motifs is 2. The largest absolute Gasteiger partial charge is 0.480 e. The number of hydrogen-bond acceptors (Lipinski definition) is 4. The predicted octanol–water partition coefficient (Wildman–Crippen LogP) is 3.78. The highest BCUT2D eigenvalue weighted by atomic mass is 32.2. The number of amides is 1. The molecule has 5 nitrogen and oxygen atoms in total. The summed E-state index contributed by atoms with van der Waals surface area (Å²) in [6.07, 6.45) is 0. The maximum Gasteiger partial charge on any atom is 0.326 e. The van der Waals surface area contributed by atoms with E-state index in [0.29, 0.717) is 17.1 Å². The second-order valence-electron chi connectivity index (χ2n) is 5.82. The minimum absolute atomic E-state index is 0.220. The number of carbonyl (C=O) groups excluding carboxylic acids is 1. The molecule has 0 saturated heterocycles. The quantitative estimate of drug-likeness (QED) is 0.754. The highest BCUT2D eigenvalue weighted by molar-refractivity contribution is 7.99. The molecule has 1 amide bonds. The monoisotopic (exact) mass is 343 g/mol. The summed E-state index contributed by atoms with van der Waals surface area (Å²) in [6.45, 7) is 3.50. The van der Waals surface area contributed by atoms with Crippen LogP contribution in [0, 0.1) is 5.92 Å². The summed E-state index contributed by atoms with van der Waals surface area (Å²) in [7, 11) is 0. The second kappa shape index (κ2) is 6.57. The van der Waals surface area contributed by atoms with Crippen LogP contribution in [0.5, 0.6) is 11.5 Å². The minimum atomic E-state index is -1.05. The summed E-state index contributed by atoms with van der Waals surface area (Å²) < 4.78 is 5.90. The van der Waals surface area contributed by atoms with Crippen molar-refractivity contribution in [3.63, 3.8) is 0 Å². The van der Waals surface area contributed by atoms with Gasteiger partial charge in [0.1, 0.15) is 11.8 Å². The van der Waals surface area contributed by atoms with Crippen LogP contribution in [0.4, 0.5) is 0 Å². The predicted molar refractivity (Wildman–Crippen MR) is 90.8 cm³/mol. The molecule has 2 aromatic carbocycles. The second-order valence-corrected chi connectivity index (χ2v) is 6.90. The van der Waals surface area contributed by atoms with Gasteiger partial charge in [-0.1, -0.05) is 43.8 Å². The Morgan fingerprint density at radius 1 is 1.08 bits per heavy atom. The molecule has 1 heterocycles. The topological polar surface area (TPSA) is 75.6 Å². The molecule has 0 saturated carbocycles. The van der Waals surface area contributed by atoms with Gasteiger partial charge in [-0.2, -0.15) is 0 Å². The number of ether oxygens (including phenoxy) is 1. The van der Waals surface area contributed by atoms with E-state index in [2.05, 4.69) is 5.32 Å². The van der Waals surface area contributed by atoms with E-state index in [1.54, 1.807) is 26.0 Å². The van der Waals surface area contributed by atoms with E-state index >= 15 is 0 Å². The summed E-state index contributed by atoms with van der Waals surface area (Å²) in [4.78, 5) is 25.7. The van der Waals surface area contributed by atoms with Gasteiger partial charge in [-0.3, -0.25) is 4.79 Å². The van der Waals surface area contributed by atoms with E-state index in [1.165, 1.54) is 11.8 Å². The van der Waals surface area contributed by atoms with Crippen LogP contribution in [0.15, 0.2) is 52.3 Å². The minimum Gasteiger partial charge on any atom is -0.480 e. The van der Waals surface area contributed by atoms with Crippen LogP contribution in [0.1, 0.15) is 24.2 Å². The molecule has 1 aliphatic rings. The van der Waals surface area contributed by atoms with Crippen molar-refractivity contribution in [3.05, 3.63) is 48.0 Å². The van der Waals surface area contributed by atoms with Gasteiger partial charge in [0.2, 0.25) is 0 Å². The Kier molecular flexibility index (Phi) is 4.49. The zero-order chi connectivity index (χ0) is 17.3. The molecule has 0 fully saturated rings. The fourth-order valence-electron chi connectivity index (χ4n) is 2.46. The molecule has 0 spiro atoms. The molecular weight excluding hydrogens is 326 g/mol. The molecule has 1 atom stereocenters. The Hall–Kier alpha value is -2.47. The summed E-state index contributed by atoms with van der Waals surface area (Å²) in [5.41, 5.74) is 0.335. The molecule has 3 rings (SSSR count). The van der Waals surface area contributed by atoms with Crippen molar-refractivity contribution < 1.29 is 19.4 Å². The first-order valence-electron chi connectivity index (χ1n) is 7.59. The number of rotatable bonds is 4. The molecular formula is C18H17NO4S. The number of aliphatic carboxylic acids is 1. The number of carbonyl (C=O) groups is 2. The van der Waals surface area contributed by atoms with Gasteiger partial charge in [-0.05, 0) is 30.2 Å². The van der Waals surface area contributed by atoms with Crippen LogP contribution in [-0.2, 0) is 4.79 Å². The molecule has 2 N–H and O–H groups in total. The van der Waals surface area contributed by atoms with E-state index in [0.717, 1.165) is 9.79 Å². The van der Waals surface area contributed by atoms with Gasteiger partial charge in [0.15, 0.2) is 5.75 Å².